The fraction of sp³-hybridized carbons (Fsp3) is 0.389. The van der Waals surface area contributed by atoms with E-state index in [0.717, 1.165) is 27.7 Å². The minimum absolute atomic E-state index is 0.0540. The summed E-state index contributed by atoms with van der Waals surface area (Å²) in [7, 11) is 0. The van der Waals surface area contributed by atoms with E-state index >= 15 is 0 Å². The van der Waals surface area contributed by atoms with Crippen LogP contribution in [-0.4, -0.2) is 22.1 Å². The number of aryl methyl sites for hydroxylation is 3. The molecule has 1 aromatic carbocycles. The van der Waals surface area contributed by atoms with Crippen molar-refractivity contribution in [3.63, 3.8) is 0 Å². The summed E-state index contributed by atoms with van der Waals surface area (Å²) in [4.78, 5) is 21.0. The number of thioether (sulfide) groups is 1. The molecule has 1 N–H and O–H groups in total. The van der Waals surface area contributed by atoms with Gasteiger partial charge in [-0.2, -0.15) is 0 Å². The summed E-state index contributed by atoms with van der Waals surface area (Å²) in [5.74, 6) is 0.0540. The van der Waals surface area contributed by atoms with Gasteiger partial charge >= 0.3 is 0 Å². The van der Waals surface area contributed by atoms with Crippen molar-refractivity contribution in [3.8, 4) is 0 Å². The van der Waals surface area contributed by atoms with Gasteiger partial charge < -0.3 is 5.32 Å². The highest BCUT2D eigenvalue weighted by Gasteiger charge is 2.10. The highest BCUT2D eigenvalue weighted by molar-refractivity contribution is 7.98. The van der Waals surface area contributed by atoms with Gasteiger partial charge in [0, 0.05) is 24.4 Å². The fourth-order valence-electron chi connectivity index (χ4n) is 2.40. The van der Waals surface area contributed by atoms with Crippen LogP contribution in [0.25, 0.3) is 0 Å². The number of carbonyl (C=O) groups is 1. The summed E-state index contributed by atoms with van der Waals surface area (Å²) in [6.07, 6.45) is 3.09. The first-order valence-corrected chi connectivity index (χ1v) is 8.92. The molecule has 0 unspecified atom stereocenters. The number of benzene rings is 1. The molecular weight excluding hydrogens is 306 g/mol. The summed E-state index contributed by atoms with van der Waals surface area (Å²) in [6.45, 7) is 6.58. The van der Waals surface area contributed by atoms with E-state index in [1.165, 1.54) is 17.3 Å². The summed E-state index contributed by atoms with van der Waals surface area (Å²) < 4.78 is 0. The summed E-state index contributed by atoms with van der Waals surface area (Å²) in [5, 5.41) is 3.75. The van der Waals surface area contributed by atoms with Crippen LogP contribution in [0.3, 0.4) is 0 Å². The molecule has 1 aromatic heterocycles. The SMILES string of the molecule is CSc1nc(C)c(CCC(=O)NCc2ccc(C)cc2)c(C)n1. The van der Waals surface area contributed by atoms with Crippen molar-refractivity contribution in [2.45, 2.75) is 45.3 Å². The molecule has 0 radical (unpaired) electrons. The number of carbonyl (C=O) groups excluding carboxylic acids is 1. The molecule has 0 atom stereocenters. The van der Waals surface area contributed by atoms with E-state index in [0.29, 0.717) is 19.4 Å². The quantitative estimate of drug-likeness (QED) is 0.652. The van der Waals surface area contributed by atoms with Crippen molar-refractivity contribution in [1.29, 1.82) is 0 Å². The molecule has 0 bridgehead atoms. The average Bonchev–Trinajstić information content (AvgIpc) is 2.53. The lowest BCUT2D eigenvalue weighted by Crippen LogP contribution is -2.23. The van der Waals surface area contributed by atoms with Gasteiger partial charge in [0.2, 0.25) is 5.91 Å². The van der Waals surface area contributed by atoms with E-state index in [1.54, 1.807) is 0 Å². The minimum Gasteiger partial charge on any atom is -0.352 e. The monoisotopic (exact) mass is 329 g/mol. The number of rotatable bonds is 6. The third-order valence-electron chi connectivity index (χ3n) is 3.80. The van der Waals surface area contributed by atoms with Gasteiger partial charge in [0.25, 0.3) is 0 Å². The van der Waals surface area contributed by atoms with E-state index in [4.69, 9.17) is 0 Å². The first-order valence-electron chi connectivity index (χ1n) is 7.70. The second-order valence-electron chi connectivity index (χ2n) is 5.62. The first-order chi connectivity index (χ1) is 11.0. The second kappa shape index (κ2) is 8.11. The van der Waals surface area contributed by atoms with Crippen LogP contribution in [0.5, 0.6) is 0 Å². The summed E-state index contributed by atoms with van der Waals surface area (Å²) in [5.41, 5.74) is 5.35. The number of hydrogen-bond acceptors (Lipinski definition) is 4. The van der Waals surface area contributed by atoms with Crippen LogP contribution < -0.4 is 5.32 Å². The molecule has 0 fully saturated rings. The fourth-order valence-corrected chi connectivity index (χ4v) is 2.85. The molecule has 4 nitrogen and oxygen atoms in total. The van der Waals surface area contributed by atoms with Gasteiger partial charge in [0.15, 0.2) is 5.16 Å². The van der Waals surface area contributed by atoms with Crippen LogP contribution in [0.15, 0.2) is 29.4 Å². The van der Waals surface area contributed by atoms with Crippen LogP contribution in [-0.2, 0) is 17.8 Å². The standard InChI is InChI=1S/C18H23N3OS/c1-12-5-7-15(8-6-12)11-19-17(22)10-9-16-13(2)20-18(23-4)21-14(16)3/h5-8H,9-11H2,1-4H3,(H,19,22). The Morgan fingerprint density at radius 2 is 1.70 bits per heavy atom. The lowest BCUT2D eigenvalue weighted by Gasteiger charge is -2.10. The molecule has 1 heterocycles. The van der Waals surface area contributed by atoms with Gasteiger partial charge in [-0.3, -0.25) is 4.79 Å². The Bertz CT molecular complexity index is 660. The zero-order valence-electron chi connectivity index (χ0n) is 14.1. The number of nitrogens with one attached hydrogen (secondary N) is 1. The Hall–Kier alpha value is -1.88. The van der Waals surface area contributed by atoms with Crippen LogP contribution in [0, 0.1) is 20.8 Å². The van der Waals surface area contributed by atoms with Crippen molar-refractivity contribution in [3.05, 3.63) is 52.3 Å². The molecule has 122 valence electrons. The second-order valence-corrected chi connectivity index (χ2v) is 6.40. The molecule has 2 aromatic rings. The maximum atomic E-state index is 12.0. The zero-order valence-corrected chi connectivity index (χ0v) is 15.0. The maximum Gasteiger partial charge on any atom is 0.220 e. The van der Waals surface area contributed by atoms with E-state index < -0.39 is 0 Å². The molecule has 0 aliphatic rings. The van der Waals surface area contributed by atoms with Crippen molar-refractivity contribution in [2.75, 3.05) is 6.26 Å². The first kappa shape index (κ1) is 17.5. The van der Waals surface area contributed by atoms with Gasteiger partial charge in [-0.05, 0) is 44.6 Å². The van der Waals surface area contributed by atoms with Crippen molar-refractivity contribution in [1.82, 2.24) is 15.3 Å². The Kier molecular flexibility index (Phi) is 6.16. The molecule has 0 spiro atoms. The molecule has 0 aliphatic carbocycles. The molecule has 1 amide bonds. The smallest absolute Gasteiger partial charge is 0.220 e. The Labute approximate surface area is 142 Å². The van der Waals surface area contributed by atoms with Crippen LogP contribution >= 0.6 is 11.8 Å². The number of nitrogens with zero attached hydrogens (tertiary/aromatic N) is 2. The van der Waals surface area contributed by atoms with Gasteiger partial charge in [0.1, 0.15) is 0 Å². The maximum absolute atomic E-state index is 12.0. The lowest BCUT2D eigenvalue weighted by atomic mass is 10.1. The zero-order chi connectivity index (χ0) is 16.8. The largest absolute Gasteiger partial charge is 0.352 e. The van der Waals surface area contributed by atoms with Crippen molar-refractivity contribution in [2.24, 2.45) is 0 Å². The van der Waals surface area contributed by atoms with E-state index in [-0.39, 0.29) is 5.91 Å². The predicted molar refractivity (Wildman–Crippen MR) is 94.6 cm³/mol. The highest BCUT2D eigenvalue weighted by Crippen LogP contribution is 2.17. The Morgan fingerprint density at radius 3 is 2.26 bits per heavy atom. The van der Waals surface area contributed by atoms with Gasteiger partial charge in [0.05, 0.1) is 0 Å². The van der Waals surface area contributed by atoms with E-state index in [2.05, 4.69) is 34.3 Å². The Balaban J connectivity index is 1.88. The number of amides is 1. The third-order valence-corrected chi connectivity index (χ3v) is 4.34. The minimum atomic E-state index is 0.0540. The predicted octanol–water partition coefficient (Wildman–Crippen LogP) is 3.37. The summed E-state index contributed by atoms with van der Waals surface area (Å²) >= 11 is 1.54. The topological polar surface area (TPSA) is 54.9 Å². The van der Waals surface area contributed by atoms with Gasteiger partial charge in [-0.25, -0.2) is 9.97 Å². The third kappa shape index (κ3) is 5.06. The molecular formula is C18H23N3OS. The van der Waals surface area contributed by atoms with Crippen molar-refractivity contribution >= 4 is 17.7 Å². The van der Waals surface area contributed by atoms with Gasteiger partial charge in [-0.1, -0.05) is 41.6 Å². The van der Waals surface area contributed by atoms with Gasteiger partial charge in [-0.15, -0.1) is 0 Å². The molecule has 2 rings (SSSR count). The number of aromatic nitrogens is 2. The molecule has 23 heavy (non-hydrogen) atoms. The lowest BCUT2D eigenvalue weighted by molar-refractivity contribution is -0.121. The molecule has 5 heteroatoms. The molecule has 0 saturated carbocycles. The van der Waals surface area contributed by atoms with Crippen LogP contribution in [0.4, 0.5) is 0 Å². The summed E-state index contributed by atoms with van der Waals surface area (Å²) in [6, 6.07) is 8.19. The molecule has 0 saturated heterocycles. The van der Waals surface area contributed by atoms with E-state index in [1.807, 2.05) is 32.2 Å². The van der Waals surface area contributed by atoms with Crippen LogP contribution in [0.2, 0.25) is 0 Å². The normalized spacial score (nSPS) is 10.6. The molecule has 0 aliphatic heterocycles. The number of hydrogen-bond donors (Lipinski definition) is 1. The van der Waals surface area contributed by atoms with E-state index in [9.17, 15) is 4.79 Å². The average molecular weight is 329 g/mol. The van der Waals surface area contributed by atoms with Crippen molar-refractivity contribution < 1.29 is 4.79 Å². The van der Waals surface area contributed by atoms with Crippen LogP contribution in [0.1, 0.15) is 34.5 Å². The highest BCUT2D eigenvalue weighted by atomic mass is 32.2. The Morgan fingerprint density at radius 1 is 1.09 bits per heavy atom.